The molecule has 0 aliphatic carbocycles. The number of nitrogens with one attached hydrogen (secondary N) is 1. The zero-order valence-corrected chi connectivity index (χ0v) is 15.9. The molecule has 0 amide bonds. The van der Waals surface area contributed by atoms with Crippen LogP contribution in [0.1, 0.15) is 38.0 Å². The fourth-order valence-corrected chi connectivity index (χ4v) is 4.23. The summed E-state index contributed by atoms with van der Waals surface area (Å²) in [5.74, 6) is 3.28. The monoisotopic (exact) mass is 341 g/mol. The topological polar surface area (TPSA) is 46.0 Å². The van der Waals surface area contributed by atoms with Crippen LogP contribution in [-0.4, -0.2) is 38.8 Å². The molecule has 136 valence electrons. The van der Waals surface area contributed by atoms with Gasteiger partial charge < -0.3 is 9.88 Å². The fraction of sp³-hybridized carbons (Fsp3) is 0.600. The highest BCUT2D eigenvalue weighted by atomic mass is 15.3. The maximum atomic E-state index is 4.33. The van der Waals surface area contributed by atoms with Gasteiger partial charge in [0.25, 0.3) is 0 Å². The number of likely N-dealkylation sites (tertiary alicyclic amines) is 1. The lowest BCUT2D eigenvalue weighted by Gasteiger charge is -2.42. The van der Waals surface area contributed by atoms with E-state index in [-0.39, 0.29) is 0 Å². The van der Waals surface area contributed by atoms with E-state index in [4.69, 9.17) is 0 Å². The van der Waals surface area contributed by atoms with E-state index in [0.29, 0.717) is 17.9 Å². The van der Waals surface area contributed by atoms with Gasteiger partial charge in [0.1, 0.15) is 11.6 Å². The van der Waals surface area contributed by atoms with Crippen LogP contribution >= 0.6 is 0 Å². The highest BCUT2D eigenvalue weighted by Gasteiger charge is 2.31. The molecule has 2 unspecified atom stereocenters. The number of piperidine rings is 1. The quantitative estimate of drug-likeness (QED) is 0.878. The highest BCUT2D eigenvalue weighted by molar-refractivity contribution is 5.14. The summed E-state index contributed by atoms with van der Waals surface area (Å²) in [6.45, 7) is 13.9. The molecule has 5 nitrogen and oxygen atoms in total. The molecule has 1 aliphatic rings. The molecule has 1 N–H and O–H groups in total. The van der Waals surface area contributed by atoms with Gasteiger partial charge in [-0.15, -0.1) is 10.2 Å². The third-order valence-electron chi connectivity index (χ3n) is 5.39. The lowest BCUT2D eigenvalue weighted by atomic mass is 9.85. The molecule has 1 fully saturated rings. The predicted molar refractivity (Wildman–Crippen MR) is 101 cm³/mol. The molecule has 1 aromatic heterocycles. The minimum Gasteiger partial charge on any atom is -0.314 e. The predicted octanol–water partition coefficient (Wildman–Crippen LogP) is 2.85. The summed E-state index contributed by atoms with van der Waals surface area (Å²) in [6.07, 6.45) is 0. The first-order valence-electron chi connectivity index (χ1n) is 9.46. The Bertz CT molecular complexity index is 654. The number of hydrogen-bond donors (Lipinski definition) is 1. The summed E-state index contributed by atoms with van der Waals surface area (Å²) in [7, 11) is 0. The Morgan fingerprint density at radius 1 is 1.08 bits per heavy atom. The van der Waals surface area contributed by atoms with Crippen molar-refractivity contribution in [1.29, 1.82) is 0 Å². The van der Waals surface area contributed by atoms with Crippen molar-refractivity contribution in [1.82, 2.24) is 25.0 Å². The van der Waals surface area contributed by atoms with Crippen molar-refractivity contribution in [3.63, 3.8) is 0 Å². The zero-order valence-electron chi connectivity index (χ0n) is 15.9. The molecule has 25 heavy (non-hydrogen) atoms. The fourth-order valence-electron chi connectivity index (χ4n) is 4.23. The minimum atomic E-state index is 0.523. The van der Waals surface area contributed by atoms with Gasteiger partial charge in [-0.1, -0.05) is 44.2 Å². The number of hydrogen-bond acceptors (Lipinski definition) is 4. The van der Waals surface area contributed by atoms with Crippen LogP contribution < -0.4 is 5.32 Å². The average molecular weight is 342 g/mol. The maximum absolute atomic E-state index is 4.33. The molecule has 1 saturated heterocycles. The maximum Gasteiger partial charge on any atom is 0.146 e. The molecular weight excluding hydrogens is 310 g/mol. The number of rotatable bonds is 6. The summed E-state index contributed by atoms with van der Waals surface area (Å²) in [6, 6.07) is 11.3. The lowest BCUT2D eigenvalue weighted by molar-refractivity contribution is 0.0934. The van der Waals surface area contributed by atoms with Crippen LogP contribution in [0.5, 0.6) is 0 Å². The number of aryl methyl sites for hydroxylation is 1. The summed E-state index contributed by atoms with van der Waals surface area (Å²) in [5.41, 5.74) is 1.40. The summed E-state index contributed by atoms with van der Waals surface area (Å²) in [4.78, 5) is 2.58. The number of benzene rings is 1. The van der Waals surface area contributed by atoms with Crippen molar-refractivity contribution in [2.24, 2.45) is 11.8 Å². The van der Waals surface area contributed by atoms with Crippen molar-refractivity contribution in [3.05, 3.63) is 47.5 Å². The van der Waals surface area contributed by atoms with Crippen LogP contribution in [0.4, 0.5) is 0 Å². The molecule has 1 aliphatic heterocycles. The lowest BCUT2D eigenvalue weighted by Crippen LogP contribution is -2.53. The zero-order chi connectivity index (χ0) is 17.8. The van der Waals surface area contributed by atoms with Gasteiger partial charge in [0.05, 0.1) is 6.54 Å². The number of nitrogens with zero attached hydrogens (tertiary/aromatic N) is 4. The second kappa shape index (κ2) is 8.11. The molecule has 3 rings (SSSR count). The Balaban J connectivity index is 1.57. The van der Waals surface area contributed by atoms with Gasteiger partial charge >= 0.3 is 0 Å². The van der Waals surface area contributed by atoms with Crippen molar-refractivity contribution in [2.45, 2.75) is 53.4 Å². The molecule has 2 heterocycles. The Kier molecular flexibility index (Phi) is 5.86. The van der Waals surface area contributed by atoms with E-state index in [0.717, 1.165) is 44.4 Å². The van der Waals surface area contributed by atoms with Crippen LogP contribution in [0.3, 0.4) is 0 Å². The van der Waals surface area contributed by atoms with Gasteiger partial charge in [-0.3, -0.25) is 4.90 Å². The number of aromatic nitrogens is 3. The second-order valence-electron chi connectivity index (χ2n) is 7.45. The third kappa shape index (κ3) is 4.28. The van der Waals surface area contributed by atoms with Gasteiger partial charge in [0.15, 0.2) is 0 Å². The van der Waals surface area contributed by atoms with Crippen LogP contribution in [0, 0.1) is 18.8 Å². The molecule has 1 aromatic carbocycles. The van der Waals surface area contributed by atoms with Crippen LogP contribution in [-0.2, 0) is 19.6 Å². The van der Waals surface area contributed by atoms with E-state index >= 15 is 0 Å². The van der Waals surface area contributed by atoms with E-state index in [2.05, 4.69) is 76.1 Å². The first-order valence-corrected chi connectivity index (χ1v) is 9.46. The highest BCUT2D eigenvalue weighted by Crippen LogP contribution is 2.24. The van der Waals surface area contributed by atoms with Gasteiger partial charge in [-0.2, -0.15) is 0 Å². The molecule has 0 saturated carbocycles. The molecule has 2 aromatic rings. The first kappa shape index (κ1) is 18.1. The summed E-state index contributed by atoms with van der Waals surface area (Å²) < 4.78 is 2.19. The molecule has 0 bridgehead atoms. The largest absolute Gasteiger partial charge is 0.314 e. The standard InChI is InChI=1S/C20H31N5/c1-5-25-17(4)22-23-19(25)11-21-20-15(2)12-24(13-16(20)3)14-18-9-7-6-8-10-18/h6-10,15-16,20-21H,5,11-14H2,1-4H3. The van der Waals surface area contributed by atoms with Crippen LogP contribution in [0.15, 0.2) is 30.3 Å². The van der Waals surface area contributed by atoms with Crippen LogP contribution in [0.25, 0.3) is 0 Å². The van der Waals surface area contributed by atoms with Crippen molar-refractivity contribution < 1.29 is 0 Å². The average Bonchev–Trinajstić information content (AvgIpc) is 2.95. The Morgan fingerprint density at radius 3 is 2.40 bits per heavy atom. The van der Waals surface area contributed by atoms with E-state index in [1.807, 2.05) is 6.92 Å². The third-order valence-corrected chi connectivity index (χ3v) is 5.39. The van der Waals surface area contributed by atoms with Gasteiger partial charge in [0.2, 0.25) is 0 Å². The Labute approximate surface area is 151 Å². The first-order chi connectivity index (χ1) is 12.1. The molecule has 2 atom stereocenters. The van der Waals surface area contributed by atoms with Crippen molar-refractivity contribution >= 4 is 0 Å². The summed E-state index contributed by atoms with van der Waals surface area (Å²) in [5, 5.41) is 12.3. The van der Waals surface area contributed by atoms with Gasteiger partial charge in [-0.25, -0.2) is 0 Å². The van der Waals surface area contributed by atoms with E-state index in [1.165, 1.54) is 5.56 Å². The normalized spacial score (nSPS) is 24.6. The molecule has 0 spiro atoms. The SMILES string of the molecule is CCn1c(C)nnc1CNC1C(C)CN(Cc2ccccc2)CC1C. The summed E-state index contributed by atoms with van der Waals surface area (Å²) >= 11 is 0. The van der Waals surface area contributed by atoms with E-state index < -0.39 is 0 Å². The minimum absolute atomic E-state index is 0.523. The van der Waals surface area contributed by atoms with Crippen molar-refractivity contribution in [3.8, 4) is 0 Å². The molecular formula is C20H31N5. The van der Waals surface area contributed by atoms with E-state index in [9.17, 15) is 0 Å². The van der Waals surface area contributed by atoms with Gasteiger partial charge in [0, 0.05) is 32.2 Å². The molecule has 0 radical (unpaired) electrons. The smallest absolute Gasteiger partial charge is 0.146 e. The second-order valence-corrected chi connectivity index (χ2v) is 7.45. The van der Waals surface area contributed by atoms with E-state index in [1.54, 1.807) is 0 Å². The van der Waals surface area contributed by atoms with Crippen LogP contribution in [0.2, 0.25) is 0 Å². The Morgan fingerprint density at radius 2 is 1.76 bits per heavy atom. The Hall–Kier alpha value is -1.72. The van der Waals surface area contributed by atoms with Crippen molar-refractivity contribution in [2.75, 3.05) is 13.1 Å². The van der Waals surface area contributed by atoms with Gasteiger partial charge in [-0.05, 0) is 31.2 Å². The molecule has 5 heteroatoms.